The van der Waals surface area contributed by atoms with E-state index in [1.54, 1.807) is 12.1 Å². The average Bonchev–Trinajstić information content (AvgIpc) is 2.69. The van der Waals surface area contributed by atoms with Gasteiger partial charge in [0.15, 0.2) is 0 Å². The fourth-order valence-corrected chi connectivity index (χ4v) is 5.95. The Morgan fingerprint density at radius 2 is 1.70 bits per heavy atom. The highest BCUT2D eigenvalue weighted by Crippen LogP contribution is 2.35. The van der Waals surface area contributed by atoms with Gasteiger partial charge in [0.05, 0.1) is 10.0 Å². The van der Waals surface area contributed by atoms with E-state index >= 15 is 0 Å². The Bertz CT molecular complexity index is 959. The van der Waals surface area contributed by atoms with Crippen LogP contribution < -0.4 is 10.2 Å². The largest absolute Gasteiger partial charge is 0.369 e. The second-order valence-electron chi connectivity index (χ2n) is 6.79. The predicted octanol–water partition coefficient (Wildman–Crippen LogP) is 3.15. The van der Waals surface area contributed by atoms with Crippen LogP contribution in [0.2, 0.25) is 10.0 Å². The molecule has 2 aliphatic heterocycles. The highest BCUT2D eigenvalue weighted by Gasteiger charge is 2.32. The maximum atomic E-state index is 13.1. The first kappa shape index (κ1) is 19.0. The van der Waals surface area contributed by atoms with Crippen molar-refractivity contribution < 1.29 is 8.42 Å². The van der Waals surface area contributed by atoms with Crippen LogP contribution in [0.4, 0.5) is 5.69 Å². The number of halogens is 2. The second kappa shape index (κ2) is 7.60. The van der Waals surface area contributed by atoms with E-state index in [1.165, 1.54) is 21.6 Å². The molecule has 0 aliphatic carbocycles. The summed E-state index contributed by atoms with van der Waals surface area (Å²) in [5.41, 5.74) is 3.54. The fourth-order valence-electron chi connectivity index (χ4n) is 3.79. The van der Waals surface area contributed by atoms with Gasteiger partial charge in [0, 0.05) is 45.0 Å². The lowest BCUT2D eigenvalue weighted by Crippen LogP contribution is -2.44. The van der Waals surface area contributed by atoms with E-state index in [2.05, 4.69) is 16.3 Å². The molecule has 0 radical (unpaired) electrons. The Kier molecular flexibility index (Phi) is 5.36. The van der Waals surface area contributed by atoms with Gasteiger partial charge in [0.25, 0.3) is 0 Å². The van der Waals surface area contributed by atoms with Crippen LogP contribution in [0.3, 0.4) is 0 Å². The van der Waals surface area contributed by atoms with Gasteiger partial charge in [-0.1, -0.05) is 41.4 Å². The molecule has 0 unspecified atom stereocenters. The van der Waals surface area contributed by atoms with Gasteiger partial charge in [0.2, 0.25) is 10.0 Å². The lowest BCUT2D eigenvalue weighted by molar-refractivity contribution is 0.391. The summed E-state index contributed by atoms with van der Waals surface area (Å²) in [6.07, 6.45) is 0.687. The highest BCUT2D eigenvalue weighted by molar-refractivity contribution is 7.89. The zero-order chi connectivity index (χ0) is 19.0. The van der Waals surface area contributed by atoms with Gasteiger partial charge >= 0.3 is 0 Å². The van der Waals surface area contributed by atoms with Gasteiger partial charge in [-0.15, -0.1) is 0 Å². The van der Waals surface area contributed by atoms with Crippen LogP contribution in [0.5, 0.6) is 0 Å². The van der Waals surface area contributed by atoms with E-state index in [4.69, 9.17) is 23.2 Å². The minimum absolute atomic E-state index is 0.0679. The molecule has 5 nitrogen and oxygen atoms in total. The first-order valence-electron chi connectivity index (χ1n) is 8.99. The molecule has 27 heavy (non-hydrogen) atoms. The molecule has 1 N–H and O–H groups in total. The Hall–Kier alpha value is -1.31. The molecule has 2 aromatic rings. The van der Waals surface area contributed by atoms with Gasteiger partial charge < -0.3 is 10.2 Å². The van der Waals surface area contributed by atoms with E-state index in [1.807, 2.05) is 12.1 Å². The molecule has 0 bridgehead atoms. The van der Waals surface area contributed by atoms with E-state index < -0.39 is 10.0 Å². The summed E-state index contributed by atoms with van der Waals surface area (Å²) in [5, 5.41) is 3.70. The topological polar surface area (TPSA) is 52.7 Å². The zero-order valence-corrected chi connectivity index (χ0v) is 17.1. The van der Waals surface area contributed by atoms with Crippen LogP contribution in [0.15, 0.2) is 41.3 Å². The minimum Gasteiger partial charge on any atom is -0.369 e. The molecule has 0 saturated carbocycles. The smallest absolute Gasteiger partial charge is 0.244 e. The van der Waals surface area contributed by atoms with E-state index in [0.717, 1.165) is 31.7 Å². The molecule has 0 aromatic heterocycles. The maximum Gasteiger partial charge on any atom is 0.244 e. The van der Waals surface area contributed by atoms with Crippen molar-refractivity contribution in [1.82, 2.24) is 9.62 Å². The molecule has 2 aromatic carbocycles. The summed E-state index contributed by atoms with van der Waals surface area (Å²) in [6, 6.07) is 10.9. The number of nitrogens with zero attached hydrogens (tertiary/aromatic N) is 2. The van der Waals surface area contributed by atoms with E-state index in [-0.39, 0.29) is 14.9 Å². The quantitative estimate of drug-likeness (QED) is 0.820. The third kappa shape index (κ3) is 3.57. The van der Waals surface area contributed by atoms with Crippen LogP contribution >= 0.6 is 23.2 Å². The van der Waals surface area contributed by atoms with Crippen LogP contribution in [0.1, 0.15) is 11.1 Å². The van der Waals surface area contributed by atoms with Crippen molar-refractivity contribution in [2.24, 2.45) is 0 Å². The lowest BCUT2D eigenvalue weighted by atomic mass is 9.98. The first-order chi connectivity index (χ1) is 13.0. The highest BCUT2D eigenvalue weighted by atomic mass is 35.5. The lowest BCUT2D eigenvalue weighted by Gasteiger charge is -2.35. The normalized spacial score (nSPS) is 18.4. The summed E-state index contributed by atoms with van der Waals surface area (Å²) in [5.74, 6) is 0. The Morgan fingerprint density at radius 1 is 0.963 bits per heavy atom. The second-order valence-corrected chi connectivity index (χ2v) is 9.48. The van der Waals surface area contributed by atoms with Crippen molar-refractivity contribution in [3.8, 4) is 0 Å². The van der Waals surface area contributed by atoms with E-state index in [0.29, 0.717) is 19.5 Å². The molecular formula is C19H21Cl2N3O2S. The van der Waals surface area contributed by atoms with Crippen molar-refractivity contribution in [3.05, 3.63) is 57.6 Å². The fraction of sp³-hybridized carbons (Fsp3) is 0.368. The first-order valence-corrected chi connectivity index (χ1v) is 11.2. The summed E-state index contributed by atoms with van der Waals surface area (Å²) < 4.78 is 27.7. The Morgan fingerprint density at radius 3 is 2.48 bits per heavy atom. The average molecular weight is 426 g/mol. The summed E-state index contributed by atoms with van der Waals surface area (Å²) in [7, 11) is -3.70. The summed E-state index contributed by atoms with van der Waals surface area (Å²) in [6.45, 7) is 4.66. The number of sulfonamides is 1. The van der Waals surface area contributed by atoms with Crippen molar-refractivity contribution in [3.63, 3.8) is 0 Å². The minimum atomic E-state index is -3.70. The summed E-state index contributed by atoms with van der Waals surface area (Å²) in [4.78, 5) is 2.45. The number of rotatable bonds is 3. The molecule has 1 saturated heterocycles. The molecule has 1 fully saturated rings. The third-order valence-electron chi connectivity index (χ3n) is 5.20. The molecule has 4 rings (SSSR count). The number of anilines is 1. The monoisotopic (exact) mass is 425 g/mol. The SMILES string of the molecule is O=S(=O)(c1cccc(Cl)c1Cl)N1CCc2c(cccc2N2CCNCC2)C1. The van der Waals surface area contributed by atoms with Crippen LogP contribution in [-0.4, -0.2) is 45.4 Å². The maximum absolute atomic E-state index is 13.1. The van der Waals surface area contributed by atoms with Gasteiger partial charge in [-0.3, -0.25) is 0 Å². The van der Waals surface area contributed by atoms with Crippen molar-refractivity contribution >= 4 is 38.9 Å². The third-order valence-corrected chi connectivity index (χ3v) is 8.02. The standard InChI is InChI=1S/C19H21Cl2N3O2S/c20-16-4-2-6-18(19(16)21)27(25,26)24-10-7-15-14(13-24)3-1-5-17(15)23-11-8-22-9-12-23/h1-6,22H,7-13H2. The van der Waals surface area contributed by atoms with Crippen molar-refractivity contribution in [2.75, 3.05) is 37.6 Å². The van der Waals surface area contributed by atoms with Crippen LogP contribution in [-0.2, 0) is 23.0 Å². The van der Waals surface area contributed by atoms with Gasteiger partial charge in [0.1, 0.15) is 4.90 Å². The number of piperazine rings is 1. The van der Waals surface area contributed by atoms with Crippen molar-refractivity contribution in [1.29, 1.82) is 0 Å². The molecule has 2 heterocycles. The van der Waals surface area contributed by atoms with Crippen molar-refractivity contribution in [2.45, 2.75) is 17.9 Å². The number of benzene rings is 2. The van der Waals surface area contributed by atoms with Gasteiger partial charge in [-0.25, -0.2) is 8.42 Å². The predicted molar refractivity (Wildman–Crippen MR) is 109 cm³/mol. The molecule has 0 atom stereocenters. The van der Waals surface area contributed by atoms with Crippen LogP contribution in [0.25, 0.3) is 0 Å². The number of fused-ring (bicyclic) bond motifs is 1. The van der Waals surface area contributed by atoms with Gasteiger partial charge in [-0.2, -0.15) is 4.31 Å². The van der Waals surface area contributed by atoms with E-state index in [9.17, 15) is 8.42 Å². The number of hydrogen-bond donors (Lipinski definition) is 1. The molecule has 2 aliphatic rings. The van der Waals surface area contributed by atoms with Crippen LogP contribution in [0, 0.1) is 0 Å². The Balaban J connectivity index is 1.64. The molecule has 0 amide bonds. The van der Waals surface area contributed by atoms with Gasteiger partial charge in [-0.05, 0) is 35.7 Å². The number of hydrogen-bond acceptors (Lipinski definition) is 4. The molecule has 0 spiro atoms. The Labute approximate surface area is 169 Å². The molecule has 8 heteroatoms. The molecule has 144 valence electrons. The number of nitrogens with one attached hydrogen (secondary N) is 1. The summed E-state index contributed by atoms with van der Waals surface area (Å²) >= 11 is 12.2. The zero-order valence-electron chi connectivity index (χ0n) is 14.8. The molecular weight excluding hydrogens is 405 g/mol.